The standard InChI is InChI=1S/C23H24FN3O3S/c1-26(2)19-13-11-17(12-14-19)16-27(3)23(28)18-7-6-8-20(15-18)31(29,30)25-22-10-5-4-9-21(22)24/h4-15,25H,16H2,1-3H3. The molecule has 0 spiro atoms. The highest BCUT2D eigenvalue weighted by atomic mass is 32.2. The number of para-hydroxylation sites is 1. The molecule has 162 valence electrons. The summed E-state index contributed by atoms with van der Waals surface area (Å²) in [6, 6.07) is 19.0. The number of rotatable bonds is 7. The topological polar surface area (TPSA) is 69.7 Å². The maximum Gasteiger partial charge on any atom is 0.262 e. The monoisotopic (exact) mass is 441 g/mol. The summed E-state index contributed by atoms with van der Waals surface area (Å²) < 4.78 is 41.4. The summed E-state index contributed by atoms with van der Waals surface area (Å²) in [5.74, 6) is -1.00. The smallest absolute Gasteiger partial charge is 0.262 e. The molecule has 0 aliphatic rings. The van der Waals surface area contributed by atoms with Gasteiger partial charge in [0.05, 0.1) is 10.6 Å². The zero-order valence-corrected chi connectivity index (χ0v) is 18.4. The van der Waals surface area contributed by atoms with Gasteiger partial charge in [0, 0.05) is 38.9 Å². The molecule has 1 N–H and O–H groups in total. The predicted molar refractivity (Wildman–Crippen MR) is 120 cm³/mol. The Labute approximate surface area is 182 Å². The van der Waals surface area contributed by atoms with Crippen molar-refractivity contribution in [3.05, 3.63) is 89.7 Å². The van der Waals surface area contributed by atoms with Crippen LogP contribution in [0.25, 0.3) is 0 Å². The van der Waals surface area contributed by atoms with Gasteiger partial charge in [-0.2, -0.15) is 0 Å². The third kappa shape index (κ3) is 5.40. The van der Waals surface area contributed by atoms with Crippen LogP contribution >= 0.6 is 0 Å². The van der Waals surface area contributed by atoms with Crippen LogP contribution in [-0.4, -0.2) is 40.4 Å². The Morgan fingerprint density at radius 1 is 0.935 bits per heavy atom. The number of anilines is 2. The summed E-state index contributed by atoms with van der Waals surface area (Å²) in [5, 5.41) is 0. The fraction of sp³-hybridized carbons (Fsp3) is 0.174. The maximum atomic E-state index is 13.8. The van der Waals surface area contributed by atoms with Crippen LogP contribution in [0.4, 0.5) is 15.8 Å². The summed E-state index contributed by atoms with van der Waals surface area (Å²) in [6.07, 6.45) is 0. The van der Waals surface area contributed by atoms with Gasteiger partial charge in [-0.05, 0) is 48.0 Å². The summed E-state index contributed by atoms with van der Waals surface area (Å²) in [6.45, 7) is 0.372. The quantitative estimate of drug-likeness (QED) is 0.603. The minimum absolute atomic E-state index is 0.120. The highest BCUT2D eigenvalue weighted by Crippen LogP contribution is 2.20. The van der Waals surface area contributed by atoms with E-state index in [9.17, 15) is 17.6 Å². The van der Waals surface area contributed by atoms with E-state index in [1.165, 1.54) is 41.3 Å². The zero-order chi connectivity index (χ0) is 22.6. The summed E-state index contributed by atoms with van der Waals surface area (Å²) in [7, 11) is 1.50. The van der Waals surface area contributed by atoms with E-state index in [1.54, 1.807) is 13.1 Å². The number of halogens is 1. The van der Waals surface area contributed by atoms with Gasteiger partial charge in [0.1, 0.15) is 5.82 Å². The van der Waals surface area contributed by atoms with Crippen molar-refractivity contribution in [2.24, 2.45) is 0 Å². The number of hydrogen-bond acceptors (Lipinski definition) is 4. The van der Waals surface area contributed by atoms with Gasteiger partial charge in [0.15, 0.2) is 0 Å². The molecule has 0 bridgehead atoms. The second-order valence-electron chi connectivity index (χ2n) is 7.34. The summed E-state index contributed by atoms with van der Waals surface area (Å²) in [5.41, 5.74) is 2.07. The molecular weight excluding hydrogens is 417 g/mol. The Morgan fingerprint density at radius 2 is 1.61 bits per heavy atom. The summed E-state index contributed by atoms with van der Waals surface area (Å²) in [4.78, 5) is 16.2. The van der Waals surface area contributed by atoms with E-state index in [0.717, 1.165) is 17.3 Å². The van der Waals surface area contributed by atoms with Crippen molar-refractivity contribution < 1.29 is 17.6 Å². The minimum atomic E-state index is -4.05. The largest absolute Gasteiger partial charge is 0.378 e. The number of nitrogens with zero attached hydrogens (tertiary/aromatic N) is 2. The third-order valence-corrected chi connectivity index (χ3v) is 6.09. The SMILES string of the molecule is CN(Cc1ccc(N(C)C)cc1)C(=O)c1cccc(S(=O)(=O)Nc2ccccc2F)c1. The van der Waals surface area contributed by atoms with Crippen LogP contribution in [0.3, 0.4) is 0 Å². The normalized spacial score (nSPS) is 11.1. The molecule has 0 aliphatic carbocycles. The van der Waals surface area contributed by atoms with Crippen LogP contribution in [0.15, 0.2) is 77.7 Å². The molecule has 0 saturated carbocycles. The van der Waals surface area contributed by atoms with E-state index < -0.39 is 15.8 Å². The lowest BCUT2D eigenvalue weighted by Gasteiger charge is -2.19. The van der Waals surface area contributed by atoms with Gasteiger partial charge < -0.3 is 9.80 Å². The molecule has 3 aromatic carbocycles. The molecule has 0 aromatic heterocycles. The Bertz CT molecular complexity index is 1180. The molecule has 0 aliphatic heterocycles. The van der Waals surface area contributed by atoms with Crippen molar-refractivity contribution >= 4 is 27.3 Å². The number of sulfonamides is 1. The van der Waals surface area contributed by atoms with Crippen LogP contribution in [0, 0.1) is 5.82 Å². The average molecular weight is 442 g/mol. The number of benzene rings is 3. The lowest BCUT2D eigenvalue weighted by atomic mass is 10.1. The molecule has 0 radical (unpaired) electrons. The first-order valence-electron chi connectivity index (χ1n) is 9.56. The number of amides is 1. The molecule has 0 unspecified atom stereocenters. The van der Waals surface area contributed by atoms with Crippen molar-refractivity contribution in [1.82, 2.24) is 4.90 Å². The first kappa shape index (κ1) is 22.3. The first-order chi connectivity index (χ1) is 14.7. The van der Waals surface area contributed by atoms with Crippen molar-refractivity contribution in [2.75, 3.05) is 30.8 Å². The van der Waals surface area contributed by atoms with Crippen molar-refractivity contribution in [3.63, 3.8) is 0 Å². The van der Waals surface area contributed by atoms with E-state index >= 15 is 0 Å². The molecule has 0 atom stereocenters. The van der Waals surface area contributed by atoms with E-state index in [0.29, 0.717) is 6.54 Å². The van der Waals surface area contributed by atoms with E-state index in [1.807, 2.05) is 43.3 Å². The van der Waals surface area contributed by atoms with Gasteiger partial charge in [-0.3, -0.25) is 9.52 Å². The second kappa shape index (κ2) is 9.18. The third-order valence-electron chi connectivity index (χ3n) is 4.73. The minimum Gasteiger partial charge on any atom is -0.378 e. The predicted octanol–water partition coefficient (Wildman–Crippen LogP) is 3.96. The Kier molecular flexibility index (Phi) is 6.60. The van der Waals surface area contributed by atoms with Crippen molar-refractivity contribution in [1.29, 1.82) is 0 Å². The molecule has 3 aromatic rings. The maximum absolute atomic E-state index is 13.8. The number of carbonyl (C=O) groups excluding carboxylic acids is 1. The van der Waals surface area contributed by atoms with Crippen molar-refractivity contribution in [2.45, 2.75) is 11.4 Å². The fourth-order valence-corrected chi connectivity index (χ4v) is 4.12. The van der Waals surface area contributed by atoms with E-state index in [2.05, 4.69) is 4.72 Å². The van der Waals surface area contributed by atoms with Gasteiger partial charge in [-0.1, -0.05) is 30.3 Å². The average Bonchev–Trinajstić information content (AvgIpc) is 2.75. The summed E-state index contributed by atoms with van der Waals surface area (Å²) >= 11 is 0. The number of nitrogens with one attached hydrogen (secondary N) is 1. The second-order valence-corrected chi connectivity index (χ2v) is 9.02. The Morgan fingerprint density at radius 3 is 2.26 bits per heavy atom. The van der Waals surface area contributed by atoms with Crippen molar-refractivity contribution in [3.8, 4) is 0 Å². The Balaban J connectivity index is 1.76. The van der Waals surface area contributed by atoms with Crippen LogP contribution in [-0.2, 0) is 16.6 Å². The highest BCUT2D eigenvalue weighted by molar-refractivity contribution is 7.92. The molecular formula is C23H24FN3O3S. The van der Waals surface area contributed by atoms with Gasteiger partial charge in [-0.25, -0.2) is 12.8 Å². The van der Waals surface area contributed by atoms with E-state index in [4.69, 9.17) is 0 Å². The van der Waals surface area contributed by atoms with Gasteiger partial charge in [0.2, 0.25) is 0 Å². The molecule has 0 saturated heterocycles. The highest BCUT2D eigenvalue weighted by Gasteiger charge is 2.19. The van der Waals surface area contributed by atoms with Crippen LogP contribution < -0.4 is 9.62 Å². The lowest BCUT2D eigenvalue weighted by molar-refractivity contribution is 0.0785. The first-order valence-corrected chi connectivity index (χ1v) is 11.0. The van der Waals surface area contributed by atoms with Crippen LogP contribution in [0.2, 0.25) is 0 Å². The zero-order valence-electron chi connectivity index (χ0n) is 17.5. The lowest BCUT2D eigenvalue weighted by Crippen LogP contribution is -2.26. The van der Waals surface area contributed by atoms with Gasteiger partial charge in [-0.15, -0.1) is 0 Å². The fourth-order valence-electron chi connectivity index (χ4n) is 3.01. The number of hydrogen-bond donors (Lipinski definition) is 1. The van der Waals surface area contributed by atoms with E-state index in [-0.39, 0.29) is 22.1 Å². The molecule has 6 nitrogen and oxygen atoms in total. The number of carbonyl (C=O) groups is 1. The molecule has 1 amide bonds. The van der Waals surface area contributed by atoms with Crippen LogP contribution in [0.5, 0.6) is 0 Å². The molecule has 3 rings (SSSR count). The van der Waals surface area contributed by atoms with Gasteiger partial charge >= 0.3 is 0 Å². The molecule has 8 heteroatoms. The van der Waals surface area contributed by atoms with Crippen LogP contribution in [0.1, 0.15) is 15.9 Å². The molecule has 0 heterocycles. The Hall–Kier alpha value is -3.39. The van der Waals surface area contributed by atoms with Gasteiger partial charge in [0.25, 0.3) is 15.9 Å². The molecule has 31 heavy (non-hydrogen) atoms. The molecule has 0 fully saturated rings.